The lowest BCUT2D eigenvalue weighted by atomic mass is 9.76. The van der Waals surface area contributed by atoms with Crippen molar-refractivity contribution in [3.05, 3.63) is 38.0 Å². The third-order valence-corrected chi connectivity index (χ3v) is 12.0. The summed E-state index contributed by atoms with van der Waals surface area (Å²) in [6.45, 7) is 18.3. The second kappa shape index (κ2) is 22.9. The smallest absolute Gasteiger partial charge is 0.309 e. The Morgan fingerprint density at radius 1 is 0.554 bits per heavy atom. The molecule has 12 heteroatoms. The molecule has 314 valence electrons. The predicted molar refractivity (Wildman–Crippen MR) is 209 cm³/mol. The number of ketones is 2. The molecular formula is C44H66O12. The van der Waals surface area contributed by atoms with Crippen molar-refractivity contribution in [2.45, 2.75) is 123 Å². The molecule has 0 saturated heterocycles. The molecule has 0 aromatic heterocycles. The first-order valence-corrected chi connectivity index (χ1v) is 20.5. The number of esters is 4. The summed E-state index contributed by atoms with van der Waals surface area (Å²) in [5, 5.41) is 0. The Balaban J connectivity index is 1.62. The number of ether oxygens (including phenoxy) is 6. The molecule has 0 N–H and O–H groups in total. The number of carbonyl (C=O) groups is 6. The van der Waals surface area contributed by atoms with E-state index in [1.807, 2.05) is 6.92 Å². The van der Waals surface area contributed by atoms with Gasteiger partial charge in [-0.25, -0.2) is 0 Å². The van der Waals surface area contributed by atoms with Gasteiger partial charge in [0, 0.05) is 11.8 Å². The van der Waals surface area contributed by atoms with Gasteiger partial charge in [0.1, 0.15) is 38.1 Å². The monoisotopic (exact) mass is 786 g/mol. The van der Waals surface area contributed by atoms with Crippen LogP contribution < -0.4 is 0 Å². The van der Waals surface area contributed by atoms with E-state index in [-0.39, 0.29) is 111 Å². The number of hydrogen-bond donors (Lipinski definition) is 0. The predicted octanol–water partition coefficient (Wildman–Crippen LogP) is 6.87. The van der Waals surface area contributed by atoms with E-state index in [0.717, 1.165) is 0 Å². The Kier molecular flexibility index (Phi) is 19.1. The summed E-state index contributed by atoms with van der Waals surface area (Å²) in [6.07, 6.45) is 10.6. The van der Waals surface area contributed by atoms with Crippen molar-refractivity contribution in [1.82, 2.24) is 0 Å². The van der Waals surface area contributed by atoms with Crippen LogP contribution in [0.4, 0.5) is 0 Å². The first-order chi connectivity index (χ1) is 26.7. The van der Waals surface area contributed by atoms with Gasteiger partial charge < -0.3 is 28.4 Å². The van der Waals surface area contributed by atoms with Crippen molar-refractivity contribution in [2.75, 3.05) is 39.6 Å². The van der Waals surface area contributed by atoms with Crippen LogP contribution in [-0.4, -0.2) is 86.8 Å². The molecule has 3 aliphatic rings. The van der Waals surface area contributed by atoms with E-state index in [1.165, 1.54) is 12.2 Å². The molecule has 3 aliphatic carbocycles. The average Bonchev–Trinajstić information content (AvgIpc) is 3.23. The van der Waals surface area contributed by atoms with Crippen LogP contribution in [0.15, 0.2) is 38.0 Å². The van der Waals surface area contributed by atoms with Crippen molar-refractivity contribution < 1.29 is 57.2 Å². The minimum Gasteiger partial charge on any atom is -0.465 e. The minimum atomic E-state index is -0.946. The summed E-state index contributed by atoms with van der Waals surface area (Å²) in [6, 6.07) is 0. The van der Waals surface area contributed by atoms with Crippen LogP contribution in [0.2, 0.25) is 0 Å². The molecule has 0 spiro atoms. The van der Waals surface area contributed by atoms with Crippen LogP contribution in [-0.2, 0) is 57.2 Å². The van der Waals surface area contributed by atoms with Gasteiger partial charge in [-0.2, -0.15) is 0 Å². The summed E-state index contributed by atoms with van der Waals surface area (Å²) in [4.78, 5) is 78.2. The van der Waals surface area contributed by atoms with E-state index in [0.29, 0.717) is 83.5 Å². The first-order valence-electron chi connectivity index (χ1n) is 20.5. The molecule has 12 nitrogen and oxygen atoms in total. The molecule has 0 bridgehead atoms. The third kappa shape index (κ3) is 13.8. The van der Waals surface area contributed by atoms with E-state index in [4.69, 9.17) is 28.4 Å². The van der Waals surface area contributed by atoms with Crippen LogP contribution in [0, 0.1) is 40.9 Å². The van der Waals surface area contributed by atoms with E-state index < -0.39 is 17.1 Å². The molecule has 3 rings (SSSR count). The molecule has 56 heavy (non-hydrogen) atoms. The van der Waals surface area contributed by atoms with Gasteiger partial charge in [-0.15, -0.1) is 6.58 Å². The van der Waals surface area contributed by atoms with Crippen LogP contribution in [0.5, 0.6) is 0 Å². The van der Waals surface area contributed by atoms with E-state index in [9.17, 15) is 28.8 Å². The molecule has 3 saturated carbocycles. The summed E-state index contributed by atoms with van der Waals surface area (Å²) < 4.78 is 34.2. The van der Waals surface area contributed by atoms with Crippen molar-refractivity contribution in [3.8, 4) is 0 Å². The molecule has 2 unspecified atom stereocenters. The van der Waals surface area contributed by atoms with Crippen LogP contribution in [0.3, 0.4) is 0 Å². The van der Waals surface area contributed by atoms with Crippen molar-refractivity contribution in [1.29, 1.82) is 0 Å². The Labute approximate surface area is 333 Å². The molecule has 0 aromatic carbocycles. The summed E-state index contributed by atoms with van der Waals surface area (Å²) in [5.41, 5.74) is -1.88. The highest BCUT2D eigenvalue weighted by Gasteiger charge is 2.41. The van der Waals surface area contributed by atoms with Gasteiger partial charge >= 0.3 is 23.9 Å². The third-order valence-electron chi connectivity index (χ3n) is 12.0. The summed E-state index contributed by atoms with van der Waals surface area (Å²) in [7, 11) is 0. The zero-order valence-corrected chi connectivity index (χ0v) is 34.2. The maximum absolute atomic E-state index is 13.5. The lowest BCUT2D eigenvalue weighted by Gasteiger charge is -2.35. The van der Waals surface area contributed by atoms with Crippen molar-refractivity contribution >= 4 is 35.4 Å². The first kappa shape index (κ1) is 46.7. The molecule has 2 atom stereocenters. The summed E-state index contributed by atoms with van der Waals surface area (Å²) >= 11 is 0. The highest BCUT2D eigenvalue weighted by molar-refractivity contribution is 5.89. The molecule has 0 radical (unpaired) electrons. The number of hydrogen-bond acceptors (Lipinski definition) is 12. The lowest BCUT2D eigenvalue weighted by Crippen LogP contribution is -2.43. The Bertz CT molecular complexity index is 1360. The van der Waals surface area contributed by atoms with Crippen molar-refractivity contribution in [3.63, 3.8) is 0 Å². The molecule has 0 amide bonds. The SMILES string of the molecule is C=CCOC(=O)C1CCC(C(=O)OCC(CC)(COC(=O)C2CCC(C(=O)C(C)(C)OCC=C)CC2)COC(C)C(=O)C2CCC(C(=O)OCC=C)CC2)CC1. The Morgan fingerprint density at radius 3 is 1.29 bits per heavy atom. The van der Waals surface area contributed by atoms with Gasteiger partial charge in [-0.3, -0.25) is 28.8 Å². The topological polar surface area (TPSA) is 158 Å². The number of rotatable bonds is 23. The molecule has 0 aliphatic heterocycles. The van der Waals surface area contributed by atoms with Gasteiger partial charge in [0.25, 0.3) is 0 Å². The zero-order chi connectivity index (χ0) is 41.3. The lowest BCUT2D eigenvalue weighted by molar-refractivity contribution is -0.168. The Morgan fingerprint density at radius 2 is 0.911 bits per heavy atom. The van der Waals surface area contributed by atoms with Gasteiger partial charge in [-0.05, 0) is 104 Å². The fraction of sp³-hybridized carbons (Fsp3) is 0.727. The van der Waals surface area contributed by atoms with E-state index in [2.05, 4.69) is 19.7 Å². The fourth-order valence-corrected chi connectivity index (χ4v) is 7.95. The largest absolute Gasteiger partial charge is 0.465 e. The normalized spacial score (nSPS) is 25.6. The van der Waals surface area contributed by atoms with Gasteiger partial charge in [0.15, 0.2) is 11.6 Å². The number of Topliss-reactive ketones (excluding diaryl/α,β-unsaturated/α-hetero) is 2. The second-order valence-electron chi connectivity index (χ2n) is 16.4. The van der Waals surface area contributed by atoms with Gasteiger partial charge in [0.2, 0.25) is 0 Å². The minimum absolute atomic E-state index is 0.00308. The zero-order valence-electron chi connectivity index (χ0n) is 34.2. The van der Waals surface area contributed by atoms with Crippen molar-refractivity contribution in [2.24, 2.45) is 40.9 Å². The molecule has 3 fully saturated rings. The maximum atomic E-state index is 13.5. The summed E-state index contributed by atoms with van der Waals surface area (Å²) in [5.74, 6) is -3.12. The maximum Gasteiger partial charge on any atom is 0.309 e. The highest BCUT2D eigenvalue weighted by Crippen LogP contribution is 2.36. The van der Waals surface area contributed by atoms with Gasteiger partial charge in [0.05, 0.1) is 42.3 Å². The van der Waals surface area contributed by atoms with Crippen LogP contribution >= 0.6 is 0 Å². The number of carbonyl (C=O) groups excluding carboxylic acids is 6. The molecule has 0 aromatic rings. The van der Waals surface area contributed by atoms with E-state index >= 15 is 0 Å². The molecular weight excluding hydrogens is 720 g/mol. The Hall–Kier alpha value is -3.64. The van der Waals surface area contributed by atoms with Gasteiger partial charge in [-0.1, -0.05) is 38.3 Å². The van der Waals surface area contributed by atoms with E-state index in [1.54, 1.807) is 26.8 Å². The molecule has 0 heterocycles. The second-order valence-corrected chi connectivity index (χ2v) is 16.4. The fourth-order valence-electron chi connectivity index (χ4n) is 7.95. The average molecular weight is 787 g/mol. The standard InChI is InChI=1S/C44H66O12/c1-8-24-51-39(47)33-16-12-31(13-17-33)37(45)30(5)53-27-44(11-4,29-55-42(50)36-22-20-34(21-23-36)40(48)52-25-9-2)28-54-41(49)35-18-14-32(15-19-35)38(46)43(6,7)56-26-10-3/h8-10,30-36H,1-3,11-29H2,4-7H3. The van der Waals surface area contributed by atoms with Crippen LogP contribution in [0.1, 0.15) is 111 Å². The highest BCUT2D eigenvalue weighted by atomic mass is 16.6. The quantitative estimate of drug-likeness (QED) is 0.0602. The van der Waals surface area contributed by atoms with Crippen LogP contribution in [0.25, 0.3) is 0 Å².